The van der Waals surface area contributed by atoms with Gasteiger partial charge in [0.2, 0.25) is 5.43 Å². The van der Waals surface area contributed by atoms with Crippen LogP contribution < -0.4 is 26.4 Å². The first-order valence-corrected chi connectivity index (χ1v) is 9.29. The van der Waals surface area contributed by atoms with Crippen LogP contribution >= 0.6 is 0 Å². The number of nitrogen functional groups attached to an aromatic ring is 2. The lowest BCUT2D eigenvalue weighted by Gasteiger charge is -2.14. The van der Waals surface area contributed by atoms with Gasteiger partial charge in [0.1, 0.15) is 42.7 Å². The van der Waals surface area contributed by atoms with E-state index in [9.17, 15) is 19.5 Å². The van der Waals surface area contributed by atoms with Crippen LogP contribution in [0.15, 0.2) is 47.4 Å². The Kier molecular flexibility index (Phi) is 6.29. The number of rotatable bonds is 9. The van der Waals surface area contributed by atoms with E-state index < -0.39 is 29.5 Å². The highest BCUT2D eigenvalue weighted by Crippen LogP contribution is 2.27. The molecule has 1 aromatic heterocycles. The van der Waals surface area contributed by atoms with Crippen LogP contribution in [0.5, 0.6) is 11.5 Å². The van der Waals surface area contributed by atoms with E-state index in [-0.39, 0.29) is 41.4 Å². The molecule has 32 heavy (non-hydrogen) atoms. The van der Waals surface area contributed by atoms with Crippen molar-refractivity contribution >= 4 is 34.4 Å². The maximum absolute atomic E-state index is 12.5. The smallest absolute Gasteiger partial charge is 0.341 e. The molecule has 166 valence electrons. The summed E-state index contributed by atoms with van der Waals surface area (Å²) in [5.74, 6) is -2.00. The van der Waals surface area contributed by atoms with E-state index in [2.05, 4.69) is 0 Å². The summed E-state index contributed by atoms with van der Waals surface area (Å²) in [6.07, 6.45) is 0.981. The second-order valence-corrected chi connectivity index (χ2v) is 6.74. The van der Waals surface area contributed by atoms with Gasteiger partial charge in [-0.3, -0.25) is 15.0 Å². The van der Waals surface area contributed by atoms with E-state index in [4.69, 9.17) is 31.5 Å². The van der Waals surface area contributed by atoms with Crippen LogP contribution in [0.4, 0.5) is 5.69 Å². The normalized spacial score (nSPS) is 10.6. The molecule has 0 spiro atoms. The number of hydrogen-bond acceptors (Lipinski definition) is 7. The molecule has 0 aliphatic carbocycles. The summed E-state index contributed by atoms with van der Waals surface area (Å²) in [6.45, 7) is -0.322. The molecule has 7 N–H and O–H groups in total. The van der Waals surface area contributed by atoms with Crippen molar-refractivity contribution in [2.75, 3.05) is 18.9 Å². The number of carboxylic acids is 2. The zero-order valence-electron chi connectivity index (χ0n) is 16.7. The van der Waals surface area contributed by atoms with Gasteiger partial charge in [-0.15, -0.1) is 0 Å². The maximum Gasteiger partial charge on any atom is 0.341 e. The number of ether oxygens (including phenoxy) is 2. The highest BCUT2D eigenvalue weighted by Gasteiger charge is 2.18. The van der Waals surface area contributed by atoms with Gasteiger partial charge in [-0.05, 0) is 30.3 Å². The van der Waals surface area contributed by atoms with E-state index in [0.29, 0.717) is 11.3 Å². The highest BCUT2D eigenvalue weighted by atomic mass is 16.5. The predicted molar refractivity (Wildman–Crippen MR) is 116 cm³/mol. The lowest BCUT2D eigenvalue weighted by molar-refractivity contribution is -0.137. The van der Waals surface area contributed by atoms with Crippen LogP contribution in [-0.2, 0) is 11.3 Å². The van der Waals surface area contributed by atoms with Gasteiger partial charge in [0, 0.05) is 23.2 Å². The SMILES string of the molecule is N=C(N)c1ccc(OCCOc2cc3c(cc2N)c(=O)c(C(=O)O)cn3CC(=O)O)cc1. The molecule has 11 heteroatoms. The van der Waals surface area contributed by atoms with E-state index in [1.54, 1.807) is 24.3 Å². The third-order valence-electron chi connectivity index (χ3n) is 4.52. The number of nitrogens with two attached hydrogens (primary N) is 2. The number of nitrogens with zero attached hydrogens (tertiary/aromatic N) is 1. The highest BCUT2D eigenvalue weighted by molar-refractivity contribution is 5.95. The number of benzene rings is 2. The molecule has 0 radical (unpaired) electrons. The molecule has 11 nitrogen and oxygen atoms in total. The second-order valence-electron chi connectivity index (χ2n) is 6.74. The van der Waals surface area contributed by atoms with E-state index in [0.717, 1.165) is 10.8 Å². The van der Waals surface area contributed by atoms with Crippen molar-refractivity contribution in [3.8, 4) is 11.5 Å². The van der Waals surface area contributed by atoms with Crippen LogP contribution in [0.1, 0.15) is 15.9 Å². The number of carboxylic acid groups (broad SMARTS) is 2. The van der Waals surface area contributed by atoms with Gasteiger partial charge in [0.25, 0.3) is 0 Å². The number of nitrogens with one attached hydrogen (secondary N) is 1. The van der Waals surface area contributed by atoms with Gasteiger partial charge in [0.15, 0.2) is 0 Å². The Balaban J connectivity index is 1.81. The number of carbonyl (C=O) groups is 2. The first-order chi connectivity index (χ1) is 15.2. The number of hydrogen-bond donors (Lipinski definition) is 5. The largest absolute Gasteiger partial charge is 0.490 e. The molecule has 3 rings (SSSR count). The molecular formula is C21H20N4O7. The van der Waals surface area contributed by atoms with Gasteiger partial charge >= 0.3 is 11.9 Å². The van der Waals surface area contributed by atoms with Crippen molar-refractivity contribution in [2.45, 2.75) is 6.54 Å². The molecule has 3 aromatic rings. The quantitative estimate of drug-likeness (QED) is 0.140. The number of fused-ring (bicyclic) bond motifs is 1. The molecule has 0 amide bonds. The number of aromatic nitrogens is 1. The van der Waals surface area contributed by atoms with Crippen molar-refractivity contribution in [3.05, 3.63) is 63.9 Å². The van der Waals surface area contributed by atoms with Crippen molar-refractivity contribution in [1.82, 2.24) is 4.57 Å². The number of pyridine rings is 1. The molecule has 1 heterocycles. The third-order valence-corrected chi connectivity index (χ3v) is 4.52. The van der Waals surface area contributed by atoms with E-state index in [1.165, 1.54) is 12.1 Å². The van der Waals surface area contributed by atoms with E-state index >= 15 is 0 Å². The number of amidine groups is 1. The monoisotopic (exact) mass is 440 g/mol. The number of anilines is 1. The van der Waals surface area contributed by atoms with Crippen LogP contribution in [0, 0.1) is 5.41 Å². The fraction of sp³-hybridized carbons (Fsp3) is 0.143. The summed E-state index contributed by atoms with van der Waals surface area (Å²) >= 11 is 0. The zero-order valence-corrected chi connectivity index (χ0v) is 16.7. The van der Waals surface area contributed by atoms with Gasteiger partial charge in [0.05, 0.1) is 11.2 Å². The molecule has 2 aromatic carbocycles. The summed E-state index contributed by atoms with van der Waals surface area (Å²) in [7, 11) is 0. The second kappa shape index (κ2) is 9.08. The first kappa shape index (κ1) is 22.2. The molecule has 0 saturated carbocycles. The predicted octanol–water partition coefficient (Wildman–Crippen LogP) is 1.11. The van der Waals surface area contributed by atoms with Crippen molar-refractivity contribution in [2.24, 2.45) is 5.73 Å². The molecule has 0 fully saturated rings. The molecular weight excluding hydrogens is 420 g/mol. The summed E-state index contributed by atoms with van der Waals surface area (Å²) in [4.78, 5) is 35.0. The van der Waals surface area contributed by atoms with Crippen molar-refractivity contribution in [3.63, 3.8) is 0 Å². The average Bonchev–Trinajstić information content (AvgIpc) is 2.73. The van der Waals surface area contributed by atoms with Crippen LogP contribution in [0.3, 0.4) is 0 Å². The molecule has 0 unspecified atom stereocenters. The fourth-order valence-electron chi connectivity index (χ4n) is 3.03. The van der Waals surface area contributed by atoms with E-state index in [1.807, 2.05) is 0 Å². The van der Waals surface area contributed by atoms with Crippen LogP contribution in [0.2, 0.25) is 0 Å². The molecule has 0 saturated heterocycles. The summed E-state index contributed by atoms with van der Waals surface area (Å²) < 4.78 is 12.3. The number of aliphatic carboxylic acids is 1. The Morgan fingerprint density at radius 3 is 2.31 bits per heavy atom. The molecule has 0 aliphatic rings. The van der Waals surface area contributed by atoms with Gasteiger partial charge < -0.3 is 35.7 Å². The minimum Gasteiger partial charge on any atom is -0.490 e. The maximum atomic E-state index is 12.5. The van der Waals surface area contributed by atoms with Crippen molar-refractivity contribution < 1.29 is 29.3 Å². The summed E-state index contributed by atoms with van der Waals surface area (Å²) in [6, 6.07) is 9.26. The fourth-order valence-corrected chi connectivity index (χ4v) is 3.03. The summed E-state index contributed by atoms with van der Waals surface area (Å²) in [5.41, 5.74) is 10.9. The Morgan fingerprint density at radius 1 is 1.06 bits per heavy atom. The third kappa shape index (κ3) is 4.78. The Hall–Kier alpha value is -4.54. The average molecular weight is 440 g/mol. The Morgan fingerprint density at radius 2 is 1.72 bits per heavy atom. The molecule has 0 atom stereocenters. The standard InChI is InChI=1S/C21H20N4O7/c22-15-7-13-16(25(10-18(26)27)9-14(19(13)28)21(29)30)8-17(15)32-6-5-31-12-3-1-11(2-4-12)20(23)24/h1-4,7-9H,5-6,10,22H2,(H3,23,24)(H,26,27)(H,29,30). The molecule has 0 bridgehead atoms. The zero-order chi connectivity index (χ0) is 23.4. The first-order valence-electron chi connectivity index (χ1n) is 9.29. The minimum atomic E-state index is -1.47. The summed E-state index contributed by atoms with van der Waals surface area (Å²) in [5, 5.41) is 25.7. The topological polar surface area (TPSA) is 191 Å². The number of aromatic carboxylic acids is 1. The molecule has 0 aliphatic heterocycles. The van der Waals surface area contributed by atoms with Crippen LogP contribution in [-0.4, -0.2) is 45.8 Å². The minimum absolute atomic E-state index is 0.0298. The van der Waals surface area contributed by atoms with Crippen molar-refractivity contribution in [1.29, 1.82) is 5.41 Å². The van der Waals surface area contributed by atoms with Crippen LogP contribution in [0.25, 0.3) is 10.9 Å². The van der Waals surface area contributed by atoms with Gasteiger partial charge in [-0.2, -0.15) is 0 Å². The lowest BCUT2D eigenvalue weighted by atomic mass is 10.1. The van der Waals surface area contributed by atoms with Gasteiger partial charge in [-0.1, -0.05) is 0 Å². The van der Waals surface area contributed by atoms with Gasteiger partial charge in [-0.25, -0.2) is 4.79 Å². The Labute approximate surface area is 180 Å². The Bertz CT molecular complexity index is 1270. The lowest BCUT2D eigenvalue weighted by Crippen LogP contribution is -2.21.